The highest BCUT2D eigenvalue weighted by atomic mass is 16.5. The van der Waals surface area contributed by atoms with Crippen molar-refractivity contribution in [1.82, 2.24) is 15.8 Å². The minimum atomic E-state index is -0.807. The van der Waals surface area contributed by atoms with E-state index < -0.39 is 30.4 Å². The fourth-order valence-electron chi connectivity index (χ4n) is 2.56. The molecule has 2 amide bonds. The van der Waals surface area contributed by atoms with Gasteiger partial charge in [0, 0.05) is 11.3 Å². The molecule has 9 nitrogen and oxygen atoms in total. The van der Waals surface area contributed by atoms with Crippen LogP contribution in [0.2, 0.25) is 0 Å². The van der Waals surface area contributed by atoms with Crippen LogP contribution in [0.4, 0.5) is 0 Å². The van der Waals surface area contributed by atoms with Gasteiger partial charge in [-0.25, -0.2) is 9.59 Å². The van der Waals surface area contributed by atoms with E-state index in [1.165, 1.54) is 0 Å². The van der Waals surface area contributed by atoms with Crippen molar-refractivity contribution in [3.8, 4) is 0 Å². The highest BCUT2D eigenvalue weighted by molar-refractivity contribution is 5.99. The summed E-state index contributed by atoms with van der Waals surface area (Å²) in [7, 11) is 0. The first-order valence-corrected chi connectivity index (χ1v) is 8.92. The Bertz CT molecular complexity index is 918. The average molecular weight is 401 g/mol. The zero-order valence-corrected chi connectivity index (χ0v) is 16.6. The van der Waals surface area contributed by atoms with E-state index in [-0.39, 0.29) is 17.4 Å². The largest absolute Gasteiger partial charge is 0.459 e. The van der Waals surface area contributed by atoms with Crippen LogP contribution in [0.5, 0.6) is 0 Å². The maximum atomic E-state index is 12.3. The summed E-state index contributed by atoms with van der Waals surface area (Å²) in [5.41, 5.74) is 5.88. The van der Waals surface area contributed by atoms with Crippen molar-refractivity contribution in [3.05, 3.63) is 58.4 Å². The molecule has 0 atom stereocenters. The van der Waals surface area contributed by atoms with Crippen molar-refractivity contribution in [2.75, 3.05) is 6.61 Å². The van der Waals surface area contributed by atoms with Crippen LogP contribution in [0.3, 0.4) is 0 Å². The Morgan fingerprint density at radius 1 is 1.00 bits per heavy atom. The van der Waals surface area contributed by atoms with Crippen molar-refractivity contribution < 1.29 is 28.7 Å². The molecule has 0 spiro atoms. The molecule has 29 heavy (non-hydrogen) atoms. The summed E-state index contributed by atoms with van der Waals surface area (Å²) in [5, 5.41) is 0. The van der Waals surface area contributed by atoms with Crippen molar-refractivity contribution in [2.45, 2.75) is 33.8 Å². The van der Waals surface area contributed by atoms with E-state index in [0.717, 1.165) is 0 Å². The first-order valence-electron chi connectivity index (χ1n) is 8.92. The summed E-state index contributed by atoms with van der Waals surface area (Å²) in [6.45, 7) is 6.04. The Labute approximate surface area is 167 Å². The normalized spacial score (nSPS) is 10.4. The molecular formula is C20H23N3O6. The number of aromatic amines is 1. The molecule has 0 aliphatic rings. The molecule has 0 saturated heterocycles. The fraction of sp³-hybridized carbons (Fsp3) is 0.300. The highest BCUT2D eigenvalue weighted by Crippen LogP contribution is 2.20. The first kappa shape index (κ1) is 21.7. The van der Waals surface area contributed by atoms with Crippen LogP contribution >= 0.6 is 0 Å². The van der Waals surface area contributed by atoms with Crippen LogP contribution in [0.15, 0.2) is 30.3 Å². The lowest BCUT2D eigenvalue weighted by atomic mass is 10.1. The minimum Gasteiger partial charge on any atom is -0.459 e. The molecule has 0 bridgehead atoms. The Kier molecular flexibility index (Phi) is 7.13. The Balaban J connectivity index is 1.91. The number of hydrogen-bond acceptors (Lipinski definition) is 6. The van der Waals surface area contributed by atoms with Crippen LogP contribution in [-0.4, -0.2) is 41.4 Å². The smallest absolute Gasteiger partial charge is 0.355 e. The number of H-pyrrole nitrogens is 1. The lowest BCUT2D eigenvalue weighted by Gasteiger charge is -2.09. The van der Waals surface area contributed by atoms with Gasteiger partial charge < -0.3 is 14.5 Å². The predicted molar refractivity (Wildman–Crippen MR) is 103 cm³/mol. The second kappa shape index (κ2) is 9.54. The average Bonchev–Trinajstić information content (AvgIpc) is 2.98. The third-order valence-electron chi connectivity index (χ3n) is 3.87. The number of esters is 2. The fourth-order valence-corrected chi connectivity index (χ4v) is 2.56. The van der Waals surface area contributed by atoms with Gasteiger partial charge in [-0.3, -0.25) is 20.4 Å². The number of ether oxygens (including phenoxy) is 2. The molecule has 3 N–H and O–H groups in total. The van der Waals surface area contributed by atoms with Crippen molar-refractivity contribution in [2.24, 2.45) is 0 Å². The summed E-state index contributed by atoms with van der Waals surface area (Å²) in [4.78, 5) is 50.9. The Morgan fingerprint density at radius 2 is 1.66 bits per heavy atom. The van der Waals surface area contributed by atoms with Gasteiger partial charge in [-0.2, -0.15) is 0 Å². The quantitative estimate of drug-likeness (QED) is 0.501. The number of aromatic nitrogens is 1. The van der Waals surface area contributed by atoms with Gasteiger partial charge in [-0.15, -0.1) is 0 Å². The zero-order chi connectivity index (χ0) is 21.6. The van der Waals surface area contributed by atoms with E-state index in [4.69, 9.17) is 9.47 Å². The molecule has 1 heterocycles. The molecule has 0 fully saturated rings. The van der Waals surface area contributed by atoms with Crippen molar-refractivity contribution >= 4 is 23.8 Å². The summed E-state index contributed by atoms with van der Waals surface area (Å²) in [5.74, 6) is -2.58. The van der Waals surface area contributed by atoms with Gasteiger partial charge in [-0.05, 0) is 45.4 Å². The second-order valence-electron chi connectivity index (χ2n) is 6.52. The molecule has 0 radical (unpaired) electrons. The zero-order valence-electron chi connectivity index (χ0n) is 16.6. The SMILES string of the molecule is Cc1[nH]c(C(=O)OCC(=O)NNC(=O)c2ccccc2)c(C)c1C(=O)OC(C)C. The molecular weight excluding hydrogens is 378 g/mol. The van der Waals surface area contributed by atoms with Gasteiger partial charge in [0.1, 0.15) is 5.69 Å². The van der Waals surface area contributed by atoms with Gasteiger partial charge in [0.2, 0.25) is 0 Å². The predicted octanol–water partition coefficient (Wildman–Crippen LogP) is 1.81. The summed E-state index contributed by atoms with van der Waals surface area (Å²) < 4.78 is 10.1. The van der Waals surface area contributed by atoms with Crippen LogP contribution < -0.4 is 10.9 Å². The van der Waals surface area contributed by atoms with E-state index in [0.29, 0.717) is 16.8 Å². The number of carbonyl (C=O) groups excluding carboxylic acids is 4. The summed E-state index contributed by atoms with van der Waals surface area (Å²) in [6.07, 6.45) is -0.304. The Hall–Kier alpha value is -3.62. The number of benzene rings is 1. The van der Waals surface area contributed by atoms with Crippen molar-refractivity contribution in [3.63, 3.8) is 0 Å². The third-order valence-corrected chi connectivity index (χ3v) is 3.87. The standard InChI is InChI=1S/C20H23N3O6/c1-11(2)29-19(26)16-12(3)17(21-13(16)4)20(27)28-10-15(24)22-23-18(25)14-8-6-5-7-9-14/h5-9,11,21H,10H2,1-4H3,(H,22,24)(H,23,25). The van der Waals surface area contributed by atoms with Crippen LogP contribution in [0.25, 0.3) is 0 Å². The third kappa shape index (κ3) is 5.68. The van der Waals surface area contributed by atoms with Crippen LogP contribution in [0.1, 0.15) is 56.3 Å². The highest BCUT2D eigenvalue weighted by Gasteiger charge is 2.24. The van der Waals surface area contributed by atoms with E-state index >= 15 is 0 Å². The number of hydrogen-bond donors (Lipinski definition) is 3. The van der Waals surface area contributed by atoms with E-state index in [1.807, 2.05) is 0 Å². The number of nitrogens with one attached hydrogen (secondary N) is 3. The summed E-state index contributed by atoms with van der Waals surface area (Å²) in [6, 6.07) is 8.29. The monoisotopic (exact) mass is 401 g/mol. The molecule has 0 unspecified atom stereocenters. The topological polar surface area (TPSA) is 127 Å². The molecule has 0 aliphatic heterocycles. The summed E-state index contributed by atoms with van der Waals surface area (Å²) >= 11 is 0. The molecule has 1 aromatic carbocycles. The van der Waals surface area contributed by atoms with Gasteiger partial charge in [0.05, 0.1) is 11.7 Å². The number of aryl methyl sites for hydroxylation is 1. The van der Waals surface area contributed by atoms with Gasteiger partial charge in [-0.1, -0.05) is 18.2 Å². The molecule has 2 rings (SSSR count). The maximum absolute atomic E-state index is 12.3. The van der Waals surface area contributed by atoms with Crippen LogP contribution in [0, 0.1) is 13.8 Å². The molecule has 0 aliphatic carbocycles. The van der Waals surface area contributed by atoms with Gasteiger partial charge in [0.15, 0.2) is 6.61 Å². The minimum absolute atomic E-state index is 0.0549. The number of hydrazine groups is 1. The van der Waals surface area contributed by atoms with E-state index in [1.54, 1.807) is 58.0 Å². The number of amides is 2. The first-order chi connectivity index (χ1) is 13.7. The maximum Gasteiger partial charge on any atom is 0.355 e. The lowest BCUT2D eigenvalue weighted by molar-refractivity contribution is -0.125. The van der Waals surface area contributed by atoms with Crippen molar-refractivity contribution in [1.29, 1.82) is 0 Å². The number of rotatable bonds is 6. The van der Waals surface area contributed by atoms with Gasteiger partial charge in [0.25, 0.3) is 11.8 Å². The van der Waals surface area contributed by atoms with E-state index in [9.17, 15) is 19.2 Å². The second-order valence-corrected chi connectivity index (χ2v) is 6.52. The van der Waals surface area contributed by atoms with E-state index in [2.05, 4.69) is 15.8 Å². The molecule has 9 heteroatoms. The molecule has 0 saturated carbocycles. The Morgan fingerprint density at radius 3 is 2.28 bits per heavy atom. The number of carbonyl (C=O) groups is 4. The lowest BCUT2D eigenvalue weighted by Crippen LogP contribution is -2.43. The van der Waals surface area contributed by atoms with Gasteiger partial charge >= 0.3 is 11.9 Å². The molecule has 1 aromatic heterocycles. The molecule has 2 aromatic rings. The molecule has 154 valence electrons. The van der Waals surface area contributed by atoms with Crippen LogP contribution in [-0.2, 0) is 14.3 Å².